The molecule has 4 aromatic rings. The third kappa shape index (κ3) is 4.47. The SMILES string of the molecule is O=C(Nc1ccc(C(=O)OCc2cc(=O)n3ccsc3n2)cc1)c1ccc(Br)cc1. The summed E-state index contributed by atoms with van der Waals surface area (Å²) < 4.78 is 7.57. The van der Waals surface area contributed by atoms with Crippen LogP contribution in [-0.4, -0.2) is 21.3 Å². The third-order valence-corrected chi connectivity index (χ3v) is 5.48. The average Bonchev–Trinajstić information content (AvgIpc) is 3.22. The molecular formula is C21H14BrN3O4S. The summed E-state index contributed by atoms with van der Waals surface area (Å²) in [6, 6.07) is 14.7. The van der Waals surface area contributed by atoms with Gasteiger partial charge >= 0.3 is 5.97 Å². The minimum atomic E-state index is -0.547. The number of benzene rings is 2. The van der Waals surface area contributed by atoms with Crippen molar-refractivity contribution in [1.29, 1.82) is 0 Å². The first-order valence-corrected chi connectivity index (χ1v) is 10.5. The lowest BCUT2D eigenvalue weighted by Gasteiger charge is -2.07. The molecule has 0 atom stereocenters. The summed E-state index contributed by atoms with van der Waals surface area (Å²) in [7, 11) is 0. The van der Waals surface area contributed by atoms with Crippen molar-refractivity contribution in [2.75, 3.05) is 5.32 Å². The number of halogens is 1. The average molecular weight is 484 g/mol. The molecule has 150 valence electrons. The van der Waals surface area contributed by atoms with Crippen molar-refractivity contribution in [3.63, 3.8) is 0 Å². The molecule has 0 bridgehead atoms. The number of hydrogen-bond acceptors (Lipinski definition) is 6. The van der Waals surface area contributed by atoms with E-state index < -0.39 is 5.97 Å². The molecule has 0 fully saturated rings. The molecule has 0 saturated heterocycles. The zero-order valence-electron chi connectivity index (χ0n) is 15.4. The number of thiazole rings is 1. The predicted molar refractivity (Wildman–Crippen MR) is 117 cm³/mol. The molecule has 0 saturated carbocycles. The van der Waals surface area contributed by atoms with Crippen molar-refractivity contribution >= 4 is 49.8 Å². The van der Waals surface area contributed by atoms with E-state index >= 15 is 0 Å². The van der Waals surface area contributed by atoms with Crippen molar-refractivity contribution in [2.24, 2.45) is 0 Å². The van der Waals surface area contributed by atoms with Gasteiger partial charge in [0.25, 0.3) is 11.5 Å². The maximum Gasteiger partial charge on any atom is 0.338 e. The fourth-order valence-electron chi connectivity index (χ4n) is 2.68. The van der Waals surface area contributed by atoms with Gasteiger partial charge in [0.2, 0.25) is 0 Å². The number of carbonyl (C=O) groups excluding carboxylic acids is 2. The number of nitrogens with zero attached hydrogens (tertiary/aromatic N) is 2. The second kappa shape index (κ2) is 8.60. The summed E-state index contributed by atoms with van der Waals surface area (Å²) in [5.74, 6) is -0.798. The Morgan fingerprint density at radius 2 is 1.77 bits per heavy atom. The number of ether oxygens (including phenoxy) is 1. The van der Waals surface area contributed by atoms with Crippen LogP contribution in [-0.2, 0) is 11.3 Å². The van der Waals surface area contributed by atoms with Crippen LogP contribution in [0.4, 0.5) is 5.69 Å². The highest BCUT2D eigenvalue weighted by Crippen LogP contribution is 2.15. The number of nitrogens with one attached hydrogen (secondary N) is 1. The Hall–Kier alpha value is -3.30. The molecule has 7 nitrogen and oxygen atoms in total. The summed E-state index contributed by atoms with van der Waals surface area (Å²) in [6.07, 6.45) is 1.64. The number of aromatic nitrogens is 2. The number of fused-ring (bicyclic) bond motifs is 1. The highest BCUT2D eigenvalue weighted by Gasteiger charge is 2.11. The smallest absolute Gasteiger partial charge is 0.338 e. The fraction of sp³-hybridized carbons (Fsp3) is 0.0476. The van der Waals surface area contributed by atoms with E-state index in [0.717, 1.165) is 4.47 Å². The lowest BCUT2D eigenvalue weighted by atomic mass is 10.2. The van der Waals surface area contributed by atoms with Gasteiger partial charge in [-0.25, -0.2) is 9.78 Å². The first-order valence-electron chi connectivity index (χ1n) is 8.79. The lowest BCUT2D eigenvalue weighted by molar-refractivity contribution is 0.0467. The van der Waals surface area contributed by atoms with Gasteiger partial charge < -0.3 is 10.1 Å². The first-order chi connectivity index (χ1) is 14.5. The second-order valence-corrected chi connectivity index (χ2v) is 8.04. The Kier molecular flexibility index (Phi) is 5.73. The summed E-state index contributed by atoms with van der Waals surface area (Å²) >= 11 is 4.65. The number of rotatable bonds is 5. The largest absolute Gasteiger partial charge is 0.456 e. The number of carbonyl (C=O) groups is 2. The summed E-state index contributed by atoms with van der Waals surface area (Å²) in [5.41, 5.74) is 1.56. The number of amides is 1. The van der Waals surface area contributed by atoms with Gasteiger partial charge in [-0.1, -0.05) is 15.9 Å². The van der Waals surface area contributed by atoms with E-state index in [4.69, 9.17) is 4.74 Å². The minimum Gasteiger partial charge on any atom is -0.456 e. The van der Waals surface area contributed by atoms with Crippen LogP contribution in [0.3, 0.4) is 0 Å². The standard InChI is InChI=1S/C21H14BrN3O4S/c22-15-5-1-13(2-6-15)19(27)23-16-7-3-14(4-8-16)20(28)29-12-17-11-18(26)25-9-10-30-21(25)24-17/h1-11H,12H2,(H,23,27). The molecule has 0 spiro atoms. The highest BCUT2D eigenvalue weighted by molar-refractivity contribution is 9.10. The zero-order chi connectivity index (χ0) is 21.1. The molecule has 30 heavy (non-hydrogen) atoms. The van der Waals surface area contributed by atoms with Gasteiger partial charge in [0.05, 0.1) is 11.3 Å². The molecule has 1 N–H and O–H groups in total. The molecule has 0 aliphatic rings. The fourth-order valence-corrected chi connectivity index (χ4v) is 3.68. The van der Waals surface area contributed by atoms with Crippen molar-refractivity contribution in [2.45, 2.75) is 6.61 Å². The molecule has 4 rings (SSSR count). The van der Waals surface area contributed by atoms with Crippen LogP contribution in [0.15, 0.2) is 75.4 Å². The summed E-state index contributed by atoms with van der Waals surface area (Å²) in [5, 5.41) is 4.53. The zero-order valence-corrected chi connectivity index (χ0v) is 17.8. The van der Waals surface area contributed by atoms with Gasteiger partial charge in [-0.2, -0.15) is 0 Å². The highest BCUT2D eigenvalue weighted by atomic mass is 79.9. The van der Waals surface area contributed by atoms with Gasteiger partial charge in [0.15, 0.2) is 4.96 Å². The number of esters is 1. The van der Waals surface area contributed by atoms with Crippen LogP contribution in [0, 0.1) is 0 Å². The van der Waals surface area contributed by atoms with Crippen LogP contribution in [0.25, 0.3) is 4.96 Å². The van der Waals surface area contributed by atoms with Crippen LogP contribution >= 0.6 is 27.3 Å². The van der Waals surface area contributed by atoms with Gasteiger partial charge in [-0.3, -0.25) is 14.0 Å². The molecule has 1 amide bonds. The van der Waals surface area contributed by atoms with Crippen molar-refractivity contribution in [3.05, 3.63) is 97.8 Å². The summed E-state index contributed by atoms with van der Waals surface area (Å²) in [4.78, 5) is 41.3. The molecule has 9 heteroatoms. The van der Waals surface area contributed by atoms with E-state index in [1.807, 2.05) is 0 Å². The van der Waals surface area contributed by atoms with E-state index in [1.165, 1.54) is 21.8 Å². The van der Waals surface area contributed by atoms with Crippen LogP contribution in [0.5, 0.6) is 0 Å². The minimum absolute atomic E-state index is 0.107. The first kappa shape index (κ1) is 20.0. The maximum atomic E-state index is 12.3. The molecule has 2 aromatic heterocycles. The van der Waals surface area contributed by atoms with Crippen molar-refractivity contribution < 1.29 is 14.3 Å². The van der Waals surface area contributed by atoms with Gasteiger partial charge in [0, 0.05) is 33.4 Å². The molecule has 0 aliphatic heterocycles. The number of hydrogen-bond donors (Lipinski definition) is 1. The van der Waals surface area contributed by atoms with Crippen LogP contribution < -0.4 is 10.9 Å². The Morgan fingerprint density at radius 1 is 1.07 bits per heavy atom. The normalized spacial score (nSPS) is 10.7. The van der Waals surface area contributed by atoms with Gasteiger partial charge in [0.1, 0.15) is 6.61 Å². The van der Waals surface area contributed by atoms with Gasteiger partial charge in [-0.15, -0.1) is 11.3 Å². The van der Waals surface area contributed by atoms with Crippen LogP contribution in [0.2, 0.25) is 0 Å². The van der Waals surface area contributed by atoms with E-state index in [-0.39, 0.29) is 18.1 Å². The number of anilines is 1. The Bertz CT molecular complexity index is 1280. The van der Waals surface area contributed by atoms with Crippen molar-refractivity contribution in [3.8, 4) is 0 Å². The molecule has 2 aromatic carbocycles. The molecular weight excluding hydrogens is 470 g/mol. The Labute approximate surface area is 183 Å². The van der Waals surface area contributed by atoms with E-state index in [0.29, 0.717) is 27.5 Å². The van der Waals surface area contributed by atoms with Gasteiger partial charge in [-0.05, 0) is 48.5 Å². The Morgan fingerprint density at radius 3 is 2.50 bits per heavy atom. The predicted octanol–water partition coefficient (Wildman–Crippen LogP) is 4.13. The Balaban J connectivity index is 1.38. The van der Waals surface area contributed by atoms with Crippen LogP contribution in [0.1, 0.15) is 26.4 Å². The summed E-state index contributed by atoms with van der Waals surface area (Å²) in [6.45, 7) is -0.107. The molecule has 0 unspecified atom stereocenters. The monoisotopic (exact) mass is 483 g/mol. The topological polar surface area (TPSA) is 89.8 Å². The van der Waals surface area contributed by atoms with E-state index in [2.05, 4.69) is 26.2 Å². The third-order valence-electron chi connectivity index (χ3n) is 4.19. The second-order valence-electron chi connectivity index (χ2n) is 6.26. The molecule has 0 aliphatic carbocycles. The maximum absolute atomic E-state index is 12.3. The lowest BCUT2D eigenvalue weighted by Crippen LogP contribution is -2.15. The van der Waals surface area contributed by atoms with E-state index in [9.17, 15) is 14.4 Å². The van der Waals surface area contributed by atoms with E-state index in [1.54, 1.807) is 60.1 Å². The quantitative estimate of drug-likeness (QED) is 0.431. The molecule has 2 heterocycles. The van der Waals surface area contributed by atoms with Crippen molar-refractivity contribution in [1.82, 2.24) is 9.38 Å². The molecule has 0 radical (unpaired) electrons.